The molecule has 5 nitrogen and oxygen atoms in total. The van der Waals surface area contributed by atoms with Crippen molar-refractivity contribution >= 4 is 21.6 Å². The first-order valence-corrected chi connectivity index (χ1v) is 10.5. The highest BCUT2D eigenvalue weighted by Crippen LogP contribution is 2.27. The van der Waals surface area contributed by atoms with Crippen LogP contribution in [0.2, 0.25) is 5.02 Å². The first-order valence-electron chi connectivity index (χ1n) is 8.43. The fraction of sp³-hybridized carbons (Fsp3) is 0.389. The van der Waals surface area contributed by atoms with Gasteiger partial charge in [0.1, 0.15) is 16.9 Å². The highest BCUT2D eigenvalue weighted by molar-refractivity contribution is 7.88. The molecular formula is C18H20ClFN2O3S. The number of nitrogens with one attached hydrogen (secondary N) is 1. The molecule has 0 spiro atoms. The summed E-state index contributed by atoms with van der Waals surface area (Å²) in [6.07, 6.45) is 4.25. The van der Waals surface area contributed by atoms with Crippen molar-refractivity contribution in [2.45, 2.75) is 43.6 Å². The summed E-state index contributed by atoms with van der Waals surface area (Å²) in [6.45, 7) is 0. The Morgan fingerprint density at radius 3 is 2.58 bits per heavy atom. The van der Waals surface area contributed by atoms with Crippen molar-refractivity contribution < 1.29 is 17.5 Å². The molecule has 1 aromatic carbocycles. The Bertz CT molecular complexity index is 855. The van der Waals surface area contributed by atoms with Crippen LogP contribution in [0.4, 0.5) is 4.39 Å². The lowest BCUT2D eigenvalue weighted by atomic mass is 9.94. The Labute approximate surface area is 157 Å². The molecule has 1 fully saturated rings. The zero-order valence-corrected chi connectivity index (χ0v) is 15.6. The molecule has 1 heterocycles. The lowest BCUT2D eigenvalue weighted by Crippen LogP contribution is -2.40. The second-order valence-corrected chi connectivity index (χ2v) is 8.51. The van der Waals surface area contributed by atoms with Gasteiger partial charge in [-0.2, -0.15) is 0 Å². The van der Waals surface area contributed by atoms with Gasteiger partial charge in [0.15, 0.2) is 0 Å². The van der Waals surface area contributed by atoms with Gasteiger partial charge >= 0.3 is 0 Å². The maximum Gasteiger partial charge on any atom is 0.232 e. The van der Waals surface area contributed by atoms with Crippen LogP contribution >= 0.6 is 11.6 Å². The molecule has 0 unspecified atom stereocenters. The van der Waals surface area contributed by atoms with E-state index in [0.29, 0.717) is 36.6 Å². The Morgan fingerprint density at radius 2 is 1.88 bits per heavy atom. The van der Waals surface area contributed by atoms with Gasteiger partial charge in [0.2, 0.25) is 15.9 Å². The Hall–Kier alpha value is -1.70. The maximum absolute atomic E-state index is 13.7. The number of benzene rings is 1. The number of rotatable bonds is 6. The van der Waals surface area contributed by atoms with Gasteiger partial charge in [-0.25, -0.2) is 22.5 Å². The van der Waals surface area contributed by atoms with E-state index in [1.165, 1.54) is 18.2 Å². The number of hydrogen-bond donors (Lipinski definition) is 1. The minimum atomic E-state index is -3.60. The van der Waals surface area contributed by atoms with Crippen molar-refractivity contribution in [2.75, 3.05) is 0 Å². The number of hydrogen-bond acceptors (Lipinski definition) is 4. The van der Waals surface area contributed by atoms with Crippen LogP contribution in [0.3, 0.4) is 0 Å². The third kappa shape index (κ3) is 5.16. The molecule has 1 aliphatic carbocycles. The summed E-state index contributed by atoms with van der Waals surface area (Å²) in [7, 11) is -3.60. The minimum Gasteiger partial charge on any atom is -0.473 e. The van der Waals surface area contributed by atoms with Crippen LogP contribution in [-0.4, -0.2) is 25.5 Å². The molecule has 0 aliphatic heterocycles. The monoisotopic (exact) mass is 398 g/mol. The summed E-state index contributed by atoms with van der Waals surface area (Å²) in [5, 5.41) is 0.459. The SMILES string of the molecule is O=S(=O)(Cc1ccccc1F)NC1CCC(Oc2ncccc2Cl)CC1. The largest absolute Gasteiger partial charge is 0.473 e. The molecule has 2 aromatic rings. The van der Waals surface area contributed by atoms with Gasteiger partial charge in [-0.1, -0.05) is 29.8 Å². The fourth-order valence-electron chi connectivity index (χ4n) is 3.03. The van der Waals surface area contributed by atoms with Crippen LogP contribution in [0, 0.1) is 5.82 Å². The van der Waals surface area contributed by atoms with Crippen molar-refractivity contribution in [1.29, 1.82) is 0 Å². The standard InChI is InChI=1S/C18H20ClFN2O3S/c19-16-5-3-11-21-18(16)25-15-9-7-14(8-10-15)22-26(23,24)12-13-4-1-2-6-17(13)20/h1-6,11,14-15,22H,7-10,12H2. The molecule has 140 valence electrons. The molecule has 1 saturated carbocycles. The van der Waals surface area contributed by atoms with E-state index >= 15 is 0 Å². The molecule has 1 N–H and O–H groups in total. The average molecular weight is 399 g/mol. The van der Waals surface area contributed by atoms with Gasteiger partial charge in [-0.05, 0) is 43.9 Å². The van der Waals surface area contributed by atoms with Crippen molar-refractivity contribution in [2.24, 2.45) is 0 Å². The van der Waals surface area contributed by atoms with Gasteiger partial charge in [-0.3, -0.25) is 0 Å². The molecular weight excluding hydrogens is 379 g/mol. The zero-order chi connectivity index (χ0) is 18.6. The van der Waals surface area contributed by atoms with Crippen LogP contribution in [0.1, 0.15) is 31.2 Å². The maximum atomic E-state index is 13.7. The molecule has 0 bridgehead atoms. The van der Waals surface area contributed by atoms with Gasteiger partial charge in [-0.15, -0.1) is 0 Å². The predicted octanol–water partition coefficient (Wildman–Crippen LogP) is 3.68. The normalized spacial score (nSPS) is 20.7. The van der Waals surface area contributed by atoms with Gasteiger partial charge in [0, 0.05) is 17.8 Å². The number of nitrogens with zero attached hydrogens (tertiary/aromatic N) is 1. The quantitative estimate of drug-likeness (QED) is 0.805. The molecule has 0 saturated heterocycles. The van der Waals surface area contributed by atoms with Crippen molar-refractivity contribution in [3.63, 3.8) is 0 Å². The van der Waals surface area contributed by atoms with Crippen LogP contribution in [0.5, 0.6) is 5.88 Å². The first kappa shape index (κ1) is 19.1. The lowest BCUT2D eigenvalue weighted by molar-refractivity contribution is 0.138. The summed E-state index contributed by atoms with van der Waals surface area (Å²) in [4.78, 5) is 4.10. The van der Waals surface area contributed by atoms with E-state index in [1.807, 2.05) is 0 Å². The number of ether oxygens (including phenoxy) is 1. The highest BCUT2D eigenvalue weighted by Gasteiger charge is 2.27. The van der Waals surface area contributed by atoms with E-state index in [2.05, 4.69) is 9.71 Å². The summed E-state index contributed by atoms with van der Waals surface area (Å²) in [5.74, 6) is -0.473. The van der Waals surface area contributed by atoms with Crippen molar-refractivity contribution in [3.05, 3.63) is 59.0 Å². The van der Waals surface area contributed by atoms with Crippen molar-refractivity contribution in [3.8, 4) is 5.88 Å². The lowest BCUT2D eigenvalue weighted by Gasteiger charge is -2.29. The third-order valence-electron chi connectivity index (χ3n) is 4.33. The Balaban J connectivity index is 1.52. The molecule has 0 amide bonds. The summed E-state index contributed by atoms with van der Waals surface area (Å²) >= 11 is 6.04. The summed E-state index contributed by atoms with van der Waals surface area (Å²) in [6, 6.07) is 9.17. The van der Waals surface area contributed by atoms with E-state index in [4.69, 9.17) is 16.3 Å². The second-order valence-electron chi connectivity index (χ2n) is 6.35. The molecule has 1 aromatic heterocycles. The third-order valence-corrected chi connectivity index (χ3v) is 6.00. The van der Waals surface area contributed by atoms with Gasteiger partial charge < -0.3 is 4.74 Å². The van der Waals surface area contributed by atoms with Crippen LogP contribution in [0.15, 0.2) is 42.6 Å². The Kier molecular flexibility index (Phi) is 6.11. The van der Waals surface area contributed by atoms with Crippen LogP contribution in [0.25, 0.3) is 0 Å². The van der Waals surface area contributed by atoms with Gasteiger partial charge in [0.05, 0.1) is 5.75 Å². The van der Waals surface area contributed by atoms with Crippen LogP contribution in [-0.2, 0) is 15.8 Å². The zero-order valence-electron chi connectivity index (χ0n) is 14.1. The predicted molar refractivity (Wildman–Crippen MR) is 98.1 cm³/mol. The summed E-state index contributed by atoms with van der Waals surface area (Å²) < 4.78 is 46.7. The topological polar surface area (TPSA) is 68.3 Å². The summed E-state index contributed by atoms with van der Waals surface area (Å²) in [5.41, 5.74) is 0.168. The average Bonchev–Trinajstić information content (AvgIpc) is 2.60. The Morgan fingerprint density at radius 1 is 1.15 bits per heavy atom. The number of sulfonamides is 1. The van der Waals surface area contributed by atoms with E-state index in [-0.39, 0.29) is 23.5 Å². The fourth-order valence-corrected chi connectivity index (χ4v) is 4.67. The number of pyridine rings is 1. The highest BCUT2D eigenvalue weighted by atomic mass is 35.5. The molecule has 8 heteroatoms. The molecule has 1 aliphatic rings. The number of halogens is 2. The molecule has 0 radical (unpaired) electrons. The second kappa shape index (κ2) is 8.33. The minimum absolute atomic E-state index is 0.0466. The van der Waals surface area contributed by atoms with E-state index in [1.54, 1.807) is 24.4 Å². The molecule has 0 atom stereocenters. The first-order chi connectivity index (χ1) is 12.4. The number of aromatic nitrogens is 1. The molecule has 3 rings (SSSR count). The van der Waals surface area contributed by atoms with E-state index in [9.17, 15) is 12.8 Å². The van der Waals surface area contributed by atoms with Crippen LogP contribution < -0.4 is 9.46 Å². The van der Waals surface area contributed by atoms with Gasteiger partial charge in [0.25, 0.3) is 0 Å². The van der Waals surface area contributed by atoms with Crippen molar-refractivity contribution in [1.82, 2.24) is 9.71 Å². The van der Waals surface area contributed by atoms with E-state index < -0.39 is 15.8 Å². The smallest absolute Gasteiger partial charge is 0.232 e. The van der Waals surface area contributed by atoms with E-state index in [0.717, 1.165) is 0 Å². The molecule has 26 heavy (non-hydrogen) atoms.